The summed E-state index contributed by atoms with van der Waals surface area (Å²) in [7, 11) is 0. The molecule has 3 aromatic rings. The normalized spacial score (nSPS) is 11.2. The number of carbonyl (C=O) groups excluding carboxylic acids is 2. The SMILES string of the molecule is CCC(CC)C(=O)NCCc1nc2ccccc2n1CC(=O)c1ccc(Cl)cc1. The predicted octanol–water partition coefficient (Wildman–Crippen LogP) is 4.67. The van der Waals surface area contributed by atoms with Gasteiger partial charge in [0.15, 0.2) is 5.78 Å². The molecule has 5 nitrogen and oxygen atoms in total. The molecule has 0 radical (unpaired) electrons. The van der Waals surface area contributed by atoms with E-state index in [1.54, 1.807) is 24.3 Å². The van der Waals surface area contributed by atoms with E-state index in [0.717, 1.165) is 29.7 Å². The number of carbonyl (C=O) groups is 2. The molecule has 3 rings (SSSR count). The maximum Gasteiger partial charge on any atom is 0.223 e. The van der Waals surface area contributed by atoms with E-state index in [-0.39, 0.29) is 24.2 Å². The van der Waals surface area contributed by atoms with Crippen LogP contribution in [0, 0.1) is 5.92 Å². The molecule has 0 spiro atoms. The Morgan fingerprint density at radius 1 is 1.07 bits per heavy atom. The van der Waals surface area contributed by atoms with E-state index in [9.17, 15) is 9.59 Å². The van der Waals surface area contributed by atoms with Crippen molar-refractivity contribution in [2.24, 2.45) is 5.92 Å². The van der Waals surface area contributed by atoms with Crippen molar-refractivity contribution in [1.82, 2.24) is 14.9 Å². The molecule has 0 aliphatic heterocycles. The number of amides is 1. The molecule has 6 heteroatoms. The number of ketones is 1. The Balaban J connectivity index is 1.78. The van der Waals surface area contributed by atoms with Crippen molar-refractivity contribution < 1.29 is 9.59 Å². The highest BCUT2D eigenvalue weighted by Crippen LogP contribution is 2.18. The van der Waals surface area contributed by atoms with Gasteiger partial charge in [0, 0.05) is 29.5 Å². The zero-order valence-electron chi connectivity index (χ0n) is 16.8. The van der Waals surface area contributed by atoms with E-state index in [4.69, 9.17) is 16.6 Å². The summed E-state index contributed by atoms with van der Waals surface area (Å²) in [5.74, 6) is 0.903. The van der Waals surface area contributed by atoms with Crippen LogP contribution in [0.15, 0.2) is 48.5 Å². The van der Waals surface area contributed by atoms with Gasteiger partial charge in [-0.15, -0.1) is 0 Å². The minimum Gasteiger partial charge on any atom is -0.355 e. The Kier molecular flexibility index (Phi) is 7.04. The number of halogens is 1. The molecule has 1 aromatic heterocycles. The number of nitrogens with zero attached hydrogens (tertiary/aromatic N) is 2. The number of nitrogens with one attached hydrogen (secondary N) is 1. The number of hydrogen-bond donors (Lipinski definition) is 1. The third-order valence-corrected chi connectivity index (χ3v) is 5.46. The van der Waals surface area contributed by atoms with Gasteiger partial charge >= 0.3 is 0 Å². The van der Waals surface area contributed by atoms with Crippen molar-refractivity contribution in [1.29, 1.82) is 0 Å². The number of benzene rings is 2. The van der Waals surface area contributed by atoms with Crippen LogP contribution in [0.25, 0.3) is 11.0 Å². The number of para-hydroxylation sites is 2. The highest BCUT2D eigenvalue weighted by Gasteiger charge is 2.17. The predicted molar refractivity (Wildman–Crippen MR) is 116 cm³/mol. The van der Waals surface area contributed by atoms with Crippen LogP contribution < -0.4 is 5.32 Å². The van der Waals surface area contributed by atoms with Crippen LogP contribution in [0.3, 0.4) is 0 Å². The highest BCUT2D eigenvalue weighted by molar-refractivity contribution is 6.30. The zero-order chi connectivity index (χ0) is 20.8. The fourth-order valence-electron chi connectivity index (χ4n) is 3.46. The van der Waals surface area contributed by atoms with Gasteiger partial charge in [-0.1, -0.05) is 37.6 Å². The van der Waals surface area contributed by atoms with Gasteiger partial charge in [0.25, 0.3) is 0 Å². The van der Waals surface area contributed by atoms with Gasteiger partial charge < -0.3 is 9.88 Å². The summed E-state index contributed by atoms with van der Waals surface area (Å²) in [5.41, 5.74) is 2.37. The first-order valence-corrected chi connectivity index (χ1v) is 10.4. The number of imidazole rings is 1. The van der Waals surface area contributed by atoms with Crippen LogP contribution in [0.2, 0.25) is 5.02 Å². The Hall–Kier alpha value is -2.66. The first-order valence-electron chi connectivity index (χ1n) is 10.0. The quantitative estimate of drug-likeness (QED) is 0.520. The summed E-state index contributed by atoms with van der Waals surface area (Å²) in [6, 6.07) is 14.7. The average molecular weight is 412 g/mol. The van der Waals surface area contributed by atoms with Gasteiger partial charge in [0.1, 0.15) is 5.82 Å². The summed E-state index contributed by atoms with van der Waals surface area (Å²) in [5, 5.41) is 3.60. The second kappa shape index (κ2) is 9.70. The minimum absolute atomic E-state index is 0.00728. The first-order chi connectivity index (χ1) is 14.0. The van der Waals surface area contributed by atoms with E-state index in [1.807, 2.05) is 42.7 Å². The van der Waals surface area contributed by atoms with Crippen LogP contribution in [-0.2, 0) is 17.8 Å². The lowest BCUT2D eigenvalue weighted by molar-refractivity contribution is -0.125. The molecule has 0 bridgehead atoms. The van der Waals surface area contributed by atoms with E-state index in [2.05, 4.69) is 5.32 Å². The molecule has 0 unspecified atom stereocenters. The molecular weight excluding hydrogens is 386 g/mol. The van der Waals surface area contributed by atoms with E-state index < -0.39 is 0 Å². The molecule has 0 aliphatic carbocycles. The fraction of sp³-hybridized carbons (Fsp3) is 0.348. The van der Waals surface area contributed by atoms with Crippen molar-refractivity contribution in [3.8, 4) is 0 Å². The van der Waals surface area contributed by atoms with Crippen molar-refractivity contribution in [3.63, 3.8) is 0 Å². The van der Waals surface area contributed by atoms with Gasteiger partial charge in [-0.25, -0.2) is 4.98 Å². The van der Waals surface area contributed by atoms with Crippen LogP contribution in [0.4, 0.5) is 0 Å². The topological polar surface area (TPSA) is 64.0 Å². The Morgan fingerprint density at radius 3 is 2.45 bits per heavy atom. The number of hydrogen-bond acceptors (Lipinski definition) is 3. The molecule has 0 atom stereocenters. The van der Waals surface area contributed by atoms with Crippen molar-refractivity contribution >= 4 is 34.3 Å². The molecule has 0 saturated heterocycles. The van der Waals surface area contributed by atoms with Gasteiger partial charge in [0.05, 0.1) is 17.6 Å². The van der Waals surface area contributed by atoms with Gasteiger partial charge in [-0.05, 0) is 49.2 Å². The van der Waals surface area contributed by atoms with E-state index >= 15 is 0 Å². The van der Waals surface area contributed by atoms with Crippen LogP contribution in [-0.4, -0.2) is 27.8 Å². The zero-order valence-corrected chi connectivity index (χ0v) is 17.6. The Morgan fingerprint density at radius 2 is 1.76 bits per heavy atom. The second-order valence-corrected chi connectivity index (χ2v) is 7.52. The van der Waals surface area contributed by atoms with Crippen molar-refractivity contribution in [3.05, 3.63) is 64.9 Å². The van der Waals surface area contributed by atoms with Crippen molar-refractivity contribution in [2.75, 3.05) is 6.54 Å². The largest absolute Gasteiger partial charge is 0.355 e. The summed E-state index contributed by atoms with van der Waals surface area (Å²) in [6.07, 6.45) is 2.22. The molecule has 1 N–H and O–H groups in total. The molecule has 0 fully saturated rings. The van der Waals surface area contributed by atoms with E-state index in [1.165, 1.54) is 0 Å². The van der Waals surface area contributed by atoms with Crippen LogP contribution >= 0.6 is 11.6 Å². The van der Waals surface area contributed by atoms with Gasteiger partial charge in [-0.3, -0.25) is 9.59 Å². The molecule has 1 heterocycles. The average Bonchev–Trinajstić information content (AvgIpc) is 3.07. The summed E-state index contributed by atoms with van der Waals surface area (Å²) in [6.45, 7) is 4.73. The number of aromatic nitrogens is 2. The summed E-state index contributed by atoms with van der Waals surface area (Å²) in [4.78, 5) is 29.7. The van der Waals surface area contributed by atoms with Crippen molar-refractivity contribution in [2.45, 2.75) is 39.7 Å². The lowest BCUT2D eigenvalue weighted by Gasteiger charge is -2.13. The number of fused-ring (bicyclic) bond motifs is 1. The first kappa shape index (κ1) is 21.1. The molecule has 1 amide bonds. The van der Waals surface area contributed by atoms with Crippen LogP contribution in [0.5, 0.6) is 0 Å². The molecule has 0 aliphatic rings. The number of rotatable bonds is 9. The standard InChI is InChI=1S/C23H26ClN3O2/c1-3-16(4-2)23(29)25-14-13-22-26-19-7-5-6-8-20(19)27(22)15-21(28)17-9-11-18(24)12-10-17/h5-12,16H,3-4,13-15H2,1-2H3,(H,25,29). The van der Waals surface area contributed by atoms with Gasteiger partial charge in [0.2, 0.25) is 5.91 Å². The Bertz CT molecular complexity index is 991. The smallest absolute Gasteiger partial charge is 0.223 e. The molecule has 2 aromatic carbocycles. The molecule has 0 saturated carbocycles. The maximum atomic E-state index is 12.8. The van der Waals surface area contributed by atoms with Crippen LogP contribution in [0.1, 0.15) is 42.9 Å². The number of Topliss-reactive ketones (excluding diaryl/α,β-unsaturated/α-hetero) is 1. The molecule has 29 heavy (non-hydrogen) atoms. The second-order valence-electron chi connectivity index (χ2n) is 7.09. The highest BCUT2D eigenvalue weighted by atomic mass is 35.5. The van der Waals surface area contributed by atoms with Gasteiger partial charge in [-0.2, -0.15) is 0 Å². The lowest BCUT2D eigenvalue weighted by Crippen LogP contribution is -2.32. The summed E-state index contributed by atoms with van der Waals surface area (Å²) < 4.78 is 1.94. The third-order valence-electron chi connectivity index (χ3n) is 5.21. The maximum absolute atomic E-state index is 12.8. The third kappa shape index (κ3) is 5.04. The van der Waals surface area contributed by atoms with E-state index in [0.29, 0.717) is 23.6 Å². The summed E-state index contributed by atoms with van der Waals surface area (Å²) >= 11 is 5.93. The molecule has 152 valence electrons. The molecular formula is C23H26ClN3O2. The lowest BCUT2D eigenvalue weighted by atomic mass is 10.0. The monoisotopic (exact) mass is 411 g/mol. The Labute approximate surface area is 176 Å². The fourth-order valence-corrected chi connectivity index (χ4v) is 3.59. The minimum atomic E-state index is -0.00728.